The molecule has 1 atom stereocenters. The van der Waals surface area contributed by atoms with Crippen molar-refractivity contribution in [1.29, 1.82) is 0 Å². The molecule has 0 amide bonds. The highest BCUT2D eigenvalue weighted by molar-refractivity contribution is 5.70. The van der Waals surface area contributed by atoms with Crippen LogP contribution in [0.25, 0.3) is 0 Å². The monoisotopic (exact) mass is 147 g/mol. The maximum Gasteiger partial charge on any atom is 0.333 e. The second-order valence-corrected chi connectivity index (χ2v) is 1.98. The van der Waals surface area contributed by atoms with Crippen LogP contribution in [0.15, 0.2) is 0 Å². The van der Waals surface area contributed by atoms with Gasteiger partial charge in [0.15, 0.2) is 6.23 Å². The first-order chi connectivity index (χ1) is 4.70. The number of aliphatic hydroxyl groups excluding tert-OH is 1. The number of carbonyl (C=O) groups excluding carboxylic acids is 1. The lowest BCUT2D eigenvalue weighted by atomic mass is 10.3. The van der Waals surface area contributed by atoms with Crippen molar-refractivity contribution in [3.05, 3.63) is 0 Å². The Balaban J connectivity index is 3.37. The smallest absolute Gasteiger partial charge is 0.333 e. The Kier molecular flexibility index (Phi) is 4.88. The molecule has 0 radical (unpaired) electrons. The van der Waals surface area contributed by atoms with Gasteiger partial charge in [0.2, 0.25) is 0 Å². The van der Waals surface area contributed by atoms with E-state index in [1.807, 2.05) is 6.92 Å². The Bertz CT molecular complexity index is 105. The first kappa shape index (κ1) is 9.39. The fraction of sp³-hybridized carbons (Fsp3) is 0.833. The fourth-order valence-electron chi connectivity index (χ4n) is 0.550. The molecule has 3 N–H and O–H groups in total. The van der Waals surface area contributed by atoms with Crippen molar-refractivity contribution in [3.8, 4) is 0 Å². The molecule has 0 aromatic carbocycles. The van der Waals surface area contributed by atoms with Crippen molar-refractivity contribution in [2.45, 2.75) is 26.0 Å². The molecule has 4 nitrogen and oxygen atoms in total. The summed E-state index contributed by atoms with van der Waals surface area (Å²) < 4.78 is 4.53. The number of ether oxygens (including phenoxy) is 1. The summed E-state index contributed by atoms with van der Waals surface area (Å²) in [5.74, 6) is -0.666. The van der Waals surface area contributed by atoms with Crippen molar-refractivity contribution in [2.24, 2.45) is 5.73 Å². The van der Waals surface area contributed by atoms with Gasteiger partial charge in [-0.2, -0.15) is 0 Å². The maximum atomic E-state index is 10.3. The molecular weight excluding hydrogens is 134 g/mol. The predicted molar refractivity (Wildman–Crippen MR) is 36.1 cm³/mol. The Hall–Kier alpha value is -0.610. The van der Waals surface area contributed by atoms with Crippen molar-refractivity contribution in [3.63, 3.8) is 0 Å². The molecule has 0 aromatic rings. The van der Waals surface area contributed by atoms with E-state index in [0.29, 0.717) is 6.42 Å². The second kappa shape index (κ2) is 5.20. The molecule has 0 aliphatic rings. The number of nitrogens with two attached hydrogens (primary N) is 1. The van der Waals surface area contributed by atoms with E-state index in [1.54, 1.807) is 0 Å². The van der Waals surface area contributed by atoms with Crippen molar-refractivity contribution in [2.75, 3.05) is 6.61 Å². The SMILES string of the molecule is CCCC(N)OC(=O)CO. The Morgan fingerprint density at radius 1 is 1.80 bits per heavy atom. The minimum absolute atomic E-state index is 0.565. The summed E-state index contributed by atoms with van der Waals surface area (Å²) in [6.07, 6.45) is 0.927. The normalized spacial score (nSPS) is 12.7. The number of carbonyl (C=O) groups is 1. The molecular formula is C6H13NO3. The topological polar surface area (TPSA) is 72.5 Å². The molecule has 0 spiro atoms. The Morgan fingerprint density at radius 3 is 2.80 bits per heavy atom. The standard InChI is InChI=1S/C6H13NO3/c1-2-3-5(7)10-6(9)4-8/h5,8H,2-4,7H2,1H3. The summed E-state index contributed by atoms with van der Waals surface area (Å²) in [6.45, 7) is 1.34. The molecule has 60 valence electrons. The molecule has 0 heterocycles. The zero-order valence-electron chi connectivity index (χ0n) is 6.04. The maximum absolute atomic E-state index is 10.3. The molecule has 0 aromatic heterocycles. The van der Waals surface area contributed by atoms with Crippen molar-refractivity contribution < 1.29 is 14.6 Å². The zero-order chi connectivity index (χ0) is 7.98. The van der Waals surface area contributed by atoms with Crippen LogP contribution in [0.1, 0.15) is 19.8 Å². The lowest BCUT2D eigenvalue weighted by molar-refractivity contribution is -0.152. The largest absolute Gasteiger partial charge is 0.445 e. The van der Waals surface area contributed by atoms with E-state index < -0.39 is 18.8 Å². The van der Waals surface area contributed by atoms with Gasteiger partial charge >= 0.3 is 5.97 Å². The number of esters is 1. The Labute approximate surface area is 60.0 Å². The minimum atomic E-state index is -0.666. The first-order valence-electron chi connectivity index (χ1n) is 3.26. The molecule has 0 saturated heterocycles. The number of aliphatic hydroxyl groups is 1. The third-order valence-corrected chi connectivity index (χ3v) is 0.985. The van der Waals surface area contributed by atoms with Crippen LogP contribution < -0.4 is 5.73 Å². The van der Waals surface area contributed by atoms with Gasteiger partial charge in [0.05, 0.1) is 0 Å². The summed E-state index contributed by atoms with van der Waals surface area (Å²) in [5.41, 5.74) is 5.31. The molecule has 1 unspecified atom stereocenters. The van der Waals surface area contributed by atoms with E-state index in [-0.39, 0.29) is 0 Å². The predicted octanol–water partition coefficient (Wildman–Crippen LogP) is -0.393. The van der Waals surface area contributed by atoms with Crippen LogP contribution in [0.2, 0.25) is 0 Å². The number of hydrogen-bond donors (Lipinski definition) is 2. The van der Waals surface area contributed by atoms with Gasteiger partial charge in [-0.25, -0.2) is 4.79 Å². The fourth-order valence-corrected chi connectivity index (χ4v) is 0.550. The van der Waals surface area contributed by atoms with Gasteiger partial charge in [0, 0.05) is 0 Å². The average Bonchev–Trinajstić information content (AvgIpc) is 1.88. The minimum Gasteiger partial charge on any atom is -0.445 e. The number of hydrogen-bond acceptors (Lipinski definition) is 4. The van der Waals surface area contributed by atoms with E-state index in [2.05, 4.69) is 4.74 Å². The van der Waals surface area contributed by atoms with Crippen LogP contribution in [0.5, 0.6) is 0 Å². The van der Waals surface area contributed by atoms with Crippen LogP contribution in [0, 0.1) is 0 Å². The van der Waals surface area contributed by atoms with E-state index in [1.165, 1.54) is 0 Å². The molecule has 4 heteroatoms. The van der Waals surface area contributed by atoms with E-state index >= 15 is 0 Å². The van der Waals surface area contributed by atoms with Gasteiger partial charge in [-0.05, 0) is 6.42 Å². The van der Waals surface area contributed by atoms with Crippen LogP contribution >= 0.6 is 0 Å². The van der Waals surface area contributed by atoms with E-state index in [9.17, 15) is 4.79 Å². The summed E-state index contributed by atoms with van der Waals surface area (Å²) in [7, 11) is 0. The van der Waals surface area contributed by atoms with Crippen LogP contribution in [-0.4, -0.2) is 23.9 Å². The van der Waals surface area contributed by atoms with E-state index in [0.717, 1.165) is 6.42 Å². The van der Waals surface area contributed by atoms with Crippen molar-refractivity contribution in [1.82, 2.24) is 0 Å². The zero-order valence-corrected chi connectivity index (χ0v) is 6.04. The number of rotatable bonds is 4. The summed E-state index contributed by atoms with van der Waals surface area (Å²) in [6, 6.07) is 0. The van der Waals surface area contributed by atoms with Gasteiger partial charge in [0.1, 0.15) is 6.61 Å². The highest BCUT2D eigenvalue weighted by Crippen LogP contribution is 1.94. The second-order valence-electron chi connectivity index (χ2n) is 1.98. The van der Waals surface area contributed by atoms with Gasteiger partial charge < -0.3 is 9.84 Å². The quantitative estimate of drug-likeness (QED) is 0.419. The Morgan fingerprint density at radius 2 is 2.40 bits per heavy atom. The average molecular weight is 147 g/mol. The first-order valence-corrected chi connectivity index (χ1v) is 3.26. The summed E-state index contributed by atoms with van der Waals surface area (Å²) in [5, 5.41) is 8.22. The molecule has 0 aliphatic heterocycles. The van der Waals surface area contributed by atoms with Gasteiger partial charge in [-0.3, -0.25) is 5.73 Å². The summed E-state index contributed by atoms with van der Waals surface area (Å²) >= 11 is 0. The van der Waals surface area contributed by atoms with Crippen LogP contribution in [0.3, 0.4) is 0 Å². The molecule has 0 saturated carbocycles. The molecule has 0 bridgehead atoms. The van der Waals surface area contributed by atoms with Gasteiger partial charge in [0.25, 0.3) is 0 Å². The highest BCUT2D eigenvalue weighted by atomic mass is 16.6. The summed E-state index contributed by atoms with van der Waals surface area (Å²) in [4.78, 5) is 10.3. The lowest BCUT2D eigenvalue weighted by Gasteiger charge is -2.09. The molecule has 10 heavy (non-hydrogen) atoms. The third kappa shape index (κ3) is 4.29. The van der Waals surface area contributed by atoms with Gasteiger partial charge in [-0.15, -0.1) is 0 Å². The van der Waals surface area contributed by atoms with Crippen molar-refractivity contribution >= 4 is 5.97 Å². The third-order valence-electron chi connectivity index (χ3n) is 0.985. The van der Waals surface area contributed by atoms with Gasteiger partial charge in [-0.1, -0.05) is 13.3 Å². The molecule has 0 fully saturated rings. The lowest BCUT2D eigenvalue weighted by Crippen LogP contribution is -2.28. The molecule has 0 aliphatic carbocycles. The highest BCUT2D eigenvalue weighted by Gasteiger charge is 2.05. The van der Waals surface area contributed by atoms with Crippen LogP contribution in [0.4, 0.5) is 0 Å². The molecule has 0 rings (SSSR count). The van der Waals surface area contributed by atoms with E-state index in [4.69, 9.17) is 10.8 Å². The van der Waals surface area contributed by atoms with Crippen LogP contribution in [-0.2, 0) is 9.53 Å².